The van der Waals surface area contributed by atoms with E-state index in [1.54, 1.807) is 4.90 Å². The number of likely N-dealkylation sites (tertiary alicyclic amines) is 1. The van der Waals surface area contributed by atoms with Gasteiger partial charge in [-0.05, 0) is 38.5 Å². The largest absolute Gasteiger partial charge is 0.391 e. The van der Waals surface area contributed by atoms with Crippen molar-refractivity contribution in [3.05, 3.63) is 0 Å². The molecule has 3 unspecified atom stereocenters. The molecule has 2 fully saturated rings. The number of hydrogen-bond acceptors (Lipinski definition) is 2. The third-order valence-electron chi connectivity index (χ3n) is 5.09. The van der Waals surface area contributed by atoms with Crippen molar-refractivity contribution in [3.8, 4) is 0 Å². The standard InChI is InChI=1S/C17H27F3N2O2/c1-2-5-15(23)22-9-4-6-12(11-22)16(24)21-14-8-3-7-13(10-14)17(18,19)20/h12-14H,2-11H2,1H3,(H,21,24). The predicted molar refractivity (Wildman–Crippen MR) is 84.2 cm³/mol. The van der Waals surface area contributed by atoms with Gasteiger partial charge >= 0.3 is 6.18 Å². The summed E-state index contributed by atoms with van der Waals surface area (Å²) in [7, 11) is 0. The molecular weight excluding hydrogens is 321 g/mol. The van der Waals surface area contributed by atoms with E-state index in [2.05, 4.69) is 5.32 Å². The van der Waals surface area contributed by atoms with Gasteiger partial charge in [0.05, 0.1) is 11.8 Å². The number of nitrogens with one attached hydrogen (secondary N) is 1. The zero-order valence-corrected chi connectivity index (χ0v) is 14.2. The molecule has 2 aliphatic rings. The molecule has 1 aliphatic heterocycles. The minimum absolute atomic E-state index is 0.0273. The summed E-state index contributed by atoms with van der Waals surface area (Å²) >= 11 is 0. The Bertz CT molecular complexity index is 454. The molecule has 0 aromatic rings. The molecule has 0 radical (unpaired) electrons. The summed E-state index contributed by atoms with van der Waals surface area (Å²) in [6.07, 6.45) is -0.265. The van der Waals surface area contributed by atoms with Crippen LogP contribution >= 0.6 is 0 Å². The Labute approximate surface area is 141 Å². The van der Waals surface area contributed by atoms with Gasteiger partial charge in [-0.1, -0.05) is 13.3 Å². The fraction of sp³-hybridized carbons (Fsp3) is 0.882. The van der Waals surface area contributed by atoms with E-state index in [-0.39, 0.29) is 30.6 Å². The summed E-state index contributed by atoms with van der Waals surface area (Å²) in [5, 5.41) is 2.81. The van der Waals surface area contributed by atoms with E-state index >= 15 is 0 Å². The Morgan fingerprint density at radius 3 is 2.58 bits per heavy atom. The van der Waals surface area contributed by atoms with Crippen molar-refractivity contribution in [2.75, 3.05) is 13.1 Å². The minimum Gasteiger partial charge on any atom is -0.353 e. The predicted octanol–water partition coefficient (Wildman–Crippen LogP) is 3.26. The highest BCUT2D eigenvalue weighted by Crippen LogP contribution is 2.37. The van der Waals surface area contributed by atoms with Crippen molar-refractivity contribution < 1.29 is 22.8 Å². The second-order valence-electron chi connectivity index (χ2n) is 7.04. The highest BCUT2D eigenvalue weighted by atomic mass is 19.4. The van der Waals surface area contributed by atoms with Gasteiger partial charge in [0, 0.05) is 25.6 Å². The average Bonchev–Trinajstić information content (AvgIpc) is 2.54. The van der Waals surface area contributed by atoms with Gasteiger partial charge in [-0.3, -0.25) is 9.59 Å². The molecule has 7 heteroatoms. The lowest BCUT2D eigenvalue weighted by molar-refractivity contribution is -0.184. The van der Waals surface area contributed by atoms with Crippen LogP contribution in [0.2, 0.25) is 0 Å². The van der Waals surface area contributed by atoms with E-state index in [0.29, 0.717) is 38.8 Å². The van der Waals surface area contributed by atoms with E-state index in [1.807, 2.05) is 6.92 Å². The van der Waals surface area contributed by atoms with Crippen LogP contribution in [0.5, 0.6) is 0 Å². The number of carbonyl (C=O) groups is 2. The molecule has 1 N–H and O–H groups in total. The number of carbonyl (C=O) groups excluding carboxylic acids is 2. The summed E-state index contributed by atoms with van der Waals surface area (Å²) in [5.74, 6) is -1.75. The van der Waals surface area contributed by atoms with Crippen LogP contribution in [0.4, 0.5) is 13.2 Å². The van der Waals surface area contributed by atoms with Crippen LogP contribution < -0.4 is 5.32 Å². The number of halogens is 3. The lowest BCUT2D eigenvalue weighted by Crippen LogP contribution is -2.49. The SMILES string of the molecule is CCCC(=O)N1CCCC(C(=O)NC2CCCC(C(F)(F)F)C2)C1. The molecule has 2 rings (SSSR count). The van der Waals surface area contributed by atoms with E-state index < -0.39 is 18.1 Å². The lowest BCUT2D eigenvalue weighted by Gasteiger charge is -2.35. The Hall–Kier alpha value is -1.27. The second-order valence-corrected chi connectivity index (χ2v) is 7.04. The fourth-order valence-electron chi connectivity index (χ4n) is 3.73. The van der Waals surface area contributed by atoms with Crippen LogP contribution in [0.3, 0.4) is 0 Å². The van der Waals surface area contributed by atoms with Crippen molar-refractivity contribution in [2.45, 2.75) is 70.5 Å². The summed E-state index contributed by atoms with van der Waals surface area (Å²) < 4.78 is 38.6. The van der Waals surface area contributed by atoms with Crippen LogP contribution in [0.1, 0.15) is 58.3 Å². The zero-order chi connectivity index (χ0) is 17.7. The first-order chi connectivity index (χ1) is 11.3. The first-order valence-electron chi connectivity index (χ1n) is 8.96. The van der Waals surface area contributed by atoms with Crippen LogP contribution in [0, 0.1) is 11.8 Å². The molecule has 138 valence electrons. The first kappa shape index (κ1) is 19.1. The number of piperidine rings is 1. The molecule has 1 saturated carbocycles. The minimum atomic E-state index is -4.18. The smallest absolute Gasteiger partial charge is 0.353 e. The Morgan fingerprint density at radius 2 is 1.92 bits per heavy atom. The van der Waals surface area contributed by atoms with Crippen molar-refractivity contribution in [1.82, 2.24) is 10.2 Å². The normalized spacial score (nSPS) is 28.5. The van der Waals surface area contributed by atoms with Crippen molar-refractivity contribution in [1.29, 1.82) is 0 Å². The Balaban J connectivity index is 1.86. The first-order valence-corrected chi connectivity index (χ1v) is 8.96. The molecule has 1 saturated heterocycles. The molecule has 24 heavy (non-hydrogen) atoms. The van der Waals surface area contributed by atoms with Gasteiger partial charge in [-0.25, -0.2) is 0 Å². The van der Waals surface area contributed by atoms with Gasteiger partial charge in [-0.2, -0.15) is 13.2 Å². The topological polar surface area (TPSA) is 49.4 Å². The Kier molecular flexibility index (Phi) is 6.52. The maximum absolute atomic E-state index is 12.9. The third-order valence-corrected chi connectivity index (χ3v) is 5.09. The van der Waals surface area contributed by atoms with Crippen molar-refractivity contribution in [3.63, 3.8) is 0 Å². The summed E-state index contributed by atoms with van der Waals surface area (Å²) in [6.45, 7) is 2.99. The number of rotatable bonds is 4. The molecule has 0 aromatic carbocycles. The van der Waals surface area contributed by atoms with Crippen LogP contribution in [-0.2, 0) is 9.59 Å². The van der Waals surface area contributed by atoms with E-state index in [9.17, 15) is 22.8 Å². The summed E-state index contributed by atoms with van der Waals surface area (Å²) in [4.78, 5) is 26.1. The van der Waals surface area contributed by atoms with E-state index in [1.165, 1.54) is 0 Å². The third kappa shape index (κ3) is 5.11. The van der Waals surface area contributed by atoms with Gasteiger partial charge in [0.2, 0.25) is 11.8 Å². The molecule has 1 heterocycles. The van der Waals surface area contributed by atoms with Crippen molar-refractivity contribution in [2.24, 2.45) is 11.8 Å². The molecular formula is C17H27F3N2O2. The van der Waals surface area contributed by atoms with Gasteiger partial charge in [0.25, 0.3) is 0 Å². The Morgan fingerprint density at radius 1 is 1.17 bits per heavy atom. The monoisotopic (exact) mass is 348 g/mol. The van der Waals surface area contributed by atoms with Gasteiger partial charge in [0.1, 0.15) is 0 Å². The molecule has 2 amide bonds. The van der Waals surface area contributed by atoms with Crippen LogP contribution in [0.25, 0.3) is 0 Å². The molecule has 1 aliphatic carbocycles. The maximum Gasteiger partial charge on any atom is 0.391 e. The fourth-order valence-corrected chi connectivity index (χ4v) is 3.73. The molecule has 0 bridgehead atoms. The molecule has 0 spiro atoms. The zero-order valence-electron chi connectivity index (χ0n) is 14.2. The average molecular weight is 348 g/mol. The highest BCUT2D eigenvalue weighted by Gasteiger charge is 2.42. The molecule has 3 atom stereocenters. The number of alkyl halides is 3. The quantitative estimate of drug-likeness (QED) is 0.848. The number of amides is 2. The van der Waals surface area contributed by atoms with Gasteiger partial charge in [-0.15, -0.1) is 0 Å². The number of nitrogens with zero attached hydrogens (tertiary/aromatic N) is 1. The van der Waals surface area contributed by atoms with Crippen molar-refractivity contribution >= 4 is 11.8 Å². The summed E-state index contributed by atoms with van der Waals surface area (Å²) in [5.41, 5.74) is 0. The van der Waals surface area contributed by atoms with Crippen LogP contribution in [-0.4, -0.2) is 42.0 Å². The van der Waals surface area contributed by atoms with Gasteiger partial charge in [0.15, 0.2) is 0 Å². The number of hydrogen-bond donors (Lipinski definition) is 1. The molecule has 4 nitrogen and oxygen atoms in total. The van der Waals surface area contributed by atoms with Gasteiger partial charge < -0.3 is 10.2 Å². The van der Waals surface area contributed by atoms with E-state index in [4.69, 9.17) is 0 Å². The molecule has 0 aromatic heterocycles. The second kappa shape index (κ2) is 8.21. The maximum atomic E-state index is 12.9. The van der Waals surface area contributed by atoms with Crippen LogP contribution in [0.15, 0.2) is 0 Å². The lowest BCUT2D eigenvalue weighted by atomic mass is 9.84. The summed E-state index contributed by atoms with van der Waals surface area (Å²) in [6, 6.07) is -0.403. The van der Waals surface area contributed by atoms with E-state index in [0.717, 1.165) is 12.8 Å². The highest BCUT2D eigenvalue weighted by molar-refractivity contribution is 5.81.